The lowest BCUT2D eigenvalue weighted by Crippen LogP contribution is -2.47. The highest BCUT2D eigenvalue weighted by atomic mass is 35.5. The van der Waals surface area contributed by atoms with Crippen LogP contribution < -0.4 is 15.5 Å². The number of pyridine rings is 1. The number of hydrogen-bond donors (Lipinski definition) is 1. The average molecular weight is 447 g/mol. The van der Waals surface area contributed by atoms with E-state index in [-0.39, 0.29) is 0 Å². The van der Waals surface area contributed by atoms with E-state index in [0.717, 1.165) is 50.3 Å². The molecule has 4 rings (SSSR count). The maximum atomic E-state index is 12.0. The minimum absolute atomic E-state index is 0.487. The van der Waals surface area contributed by atoms with Crippen molar-refractivity contribution >= 4 is 46.3 Å². The zero-order chi connectivity index (χ0) is 21.1. The highest BCUT2D eigenvalue weighted by Crippen LogP contribution is 2.32. The van der Waals surface area contributed by atoms with Gasteiger partial charge in [0.15, 0.2) is 5.82 Å². The Morgan fingerprint density at radius 1 is 1.10 bits per heavy atom. The largest absolute Gasteiger partial charge is 0.368 e. The number of nitrogens with two attached hydrogens (primary N) is 1. The zero-order valence-electron chi connectivity index (χ0n) is 16.5. The molecule has 3 heterocycles. The van der Waals surface area contributed by atoms with Crippen LogP contribution >= 0.6 is 23.2 Å². The normalized spacial score (nSPS) is 14.9. The minimum atomic E-state index is -0.487. The number of fused-ring (bicyclic) bond motifs is 1. The van der Waals surface area contributed by atoms with Crippen LogP contribution in [0.5, 0.6) is 0 Å². The van der Waals surface area contributed by atoms with Crippen LogP contribution in [0.3, 0.4) is 0 Å². The van der Waals surface area contributed by atoms with E-state index in [1.165, 1.54) is 4.90 Å². The SMILES string of the molecule is NC(=O)N(CCCN1CCN(c2cccc(Cl)c2Cl)CC1)c1cc2ccccn2n1. The maximum absolute atomic E-state index is 12.0. The van der Waals surface area contributed by atoms with Crippen LogP contribution in [0, 0.1) is 0 Å². The van der Waals surface area contributed by atoms with Gasteiger partial charge >= 0.3 is 6.03 Å². The molecule has 2 N–H and O–H groups in total. The van der Waals surface area contributed by atoms with Gasteiger partial charge < -0.3 is 10.6 Å². The molecule has 1 aromatic carbocycles. The molecule has 30 heavy (non-hydrogen) atoms. The second-order valence-corrected chi connectivity index (χ2v) is 8.10. The number of amides is 2. The fourth-order valence-corrected chi connectivity index (χ4v) is 4.21. The molecular weight excluding hydrogens is 423 g/mol. The highest BCUT2D eigenvalue weighted by molar-refractivity contribution is 6.43. The van der Waals surface area contributed by atoms with Crippen LogP contribution in [-0.2, 0) is 0 Å². The summed E-state index contributed by atoms with van der Waals surface area (Å²) in [5.41, 5.74) is 7.52. The smallest absolute Gasteiger partial charge is 0.320 e. The van der Waals surface area contributed by atoms with Crippen molar-refractivity contribution in [3.8, 4) is 0 Å². The number of rotatable bonds is 6. The third kappa shape index (κ3) is 4.48. The monoisotopic (exact) mass is 446 g/mol. The van der Waals surface area contributed by atoms with Gasteiger partial charge in [0.1, 0.15) is 0 Å². The van der Waals surface area contributed by atoms with Gasteiger partial charge in [-0.3, -0.25) is 9.80 Å². The third-order valence-corrected chi connectivity index (χ3v) is 6.21. The molecule has 9 heteroatoms. The topological polar surface area (TPSA) is 70.1 Å². The number of anilines is 2. The van der Waals surface area contributed by atoms with E-state index in [4.69, 9.17) is 28.9 Å². The summed E-state index contributed by atoms with van der Waals surface area (Å²) in [6.45, 7) is 5.02. The minimum Gasteiger partial charge on any atom is -0.368 e. The lowest BCUT2D eigenvalue weighted by Gasteiger charge is -2.36. The summed E-state index contributed by atoms with van der Waals surface area (Å²) in [6.07, 6.45) is 2.67. The molecule has 2 amide bonds. The van der Waals surface area contributed by atoms with Crippen molar-refractivity contribution in [2.75, 3.05) is 49.1 Å². The molecule has 0 radical (unpaired) electrons. The van der Waals surface area contributed by atoms with Gasteiger partial charge in [-0.15, -0.1) is 5.10 Å². The molecule has 1 saturated heterocycles. The number of hydrogen-bond acceptors (Lipinski definition) is 4. The Labute approximate surface area is 185 Å². The van der Waals surface area contributed by atoms with Gasteiger partial charge in [-0.05, 0) is 37.2 Å². The van der Waals surface area contributed by atoms with E-state index in [1.807, 2.05) is 42.6 Å². The third-order valence-electron chi connectivity index (χ3n) is 5.40. The predicted molar refractivity (Wildman–Crippen MR) is 122 cm³/mol. The average Bonchev–Trinajstić information content (AvgIpc) is 3.17. The molecule has 3 aromatic rings. The molecule has 0 aliphatic carbocycles. The lowest BCUT2D eigenvalue weighted by atomic mass is 10.2. The first kappa shape index (κ1) is 20.8. The van der Waals surface area contributed by atoms with Gasteiger partial charge in [-0.2, -0.15) is 0 Å². The molecule has 7 nitrogen and oxygen atoms in total. The van der Waals surface area contributed by atoms with E-state index in [1.54, 1.807) is 10.6 Å². The number of piperazine rings is 1. The second-order valence-electron chi connectivity index (χ2n) is 7.32. The van der Waals surface area contributed by atoms with Crippen LogP contribution in [-0.4, -0.2) is 59.8 Å². The van der Waals surface area contributed by atoms with Gasteiger partial charge in [0, 0.05) is 45.0 Å². The standard InChI is InChI=1S/C21H24Cl2N6O/c22-17-6-3-7-18(20(17)23)27-13-11-26(12-14-27)8-4-9-28(21(24)30)19-15-16-5-1-2-10-29(16)25-19/h1-3,5-7,10,15H,4,8-9,11-14H2,(H2,24,30). The summed E-state index contributed by atoms with van der Waals surface area (Å²) in [7, 11) is 0. The van der Waals surface area contributed by atoms with Crippen LogP contribution in [0.1, 0.15) is 6.42 Å². The number of carbonyl (C=O) groups is 1. The van der Waals surface area contributed by atoms with Crippen molar-refractivity contribution in [3.63, 3.8) is 0 Å². The molecular formula is C21H24Cl2N6O. The lowest BCUT2D eigenvalue weighted by molar-refractivity contribution is 0.247. The van der Waals surface area contributed by atoms with E-state index >= 15 is 0 Å². The summed E-state index contributed by atoms with van der Waals surface area (Å²) in [5.74, 6) is 0.578. The second kappa shape index (κ2) is 9.12. The number of primary amides is 1. The Bertz CT molecular complexity index is 998. The van der Waals surface area contributed by atoms with Crippen molar-refractivity contribution in [1.82, 2.24) is 14.5 Å². The van der Waals surface area contributed by atoms with Gasteiger partial charge in [0.05, 0.1) is 21.2 Å². The van der Waals surface area contributed by atoms with Crippen LogP contribution in [0.4, 0.5) is 16.3 Å². The molecule has 0 saturated carbocycles. The van der Waals surface area contributed by atoms with Crippen LogP contribution in [0.25, 0.3) is 5.52 Å². The Morgan fingerprint density at radius 3 is 2.63 bits per heavy atom. The molecule has 158 valence electrons. The molecule has 2 aromatic heterocycles. The summed E-state index contributed by atoms with van der Waals surface area (Å²) in [4.78, 5) is 18.2. The number of benzene rings is 1. The molecule has 0 bridgehead atoms. The summed E-state index contributed by atoms with van der Waals surface area (Å²) in [6, 6.07) is 12.9. The zero-order valence-corrected chi connectivity index (χ0v) is 18.1. The number of halogens is 2. The Balaban J connectivity index is 1.30. The predicted octanol–water partition coefficient (Wildman–Crippen LogP) is 3.74. The van der Waals surface area contributed by atoms with Gasteiger partial charge in [-0.1, -0.05) is 35.3 Å². The summed E-state index contributed by atoms with van der Waals surface area (Å²) in [5, 5.41) is 5.64. The maximum Gasteiger partial charge on any atom is 0.320 e. The fraction of sp³-hybridized carbons (Fsp3) is 0.333. The van der Waals surface area contributed by atoms with E-state index in [9.17, 15) is 4.79 Å². The quantitative estimate of drug-likeness (QED) is 0.625. The van der Waals surface area contributed by atoms with Crippen LogP contribution in [0.2, 0.25) is 10.0 Å². The van der Waals surface area contributed by atoms with Crippen molar-refractivity contribution in [1.29, 1.82) is 0 Å². The first-order chi connectivity index (χ1) is 14.5. The first-order valence-electron chi connectivity index (χ1n) is 9.95. The van der Waals surface area contributed by atoms with Crippen LogP contribution in [0.15, 0.2) is 48.7 Å². The number of aromatic nitrogens is 2. The van der Waals surface area contributed by atoms with Crippen molar-refractivity contribution in [2.45, 2.75) is 6.42 Å². The highest BCUT2D eigenvalue weighted by Gasteiger charge is 2.21. The fourth-order valence-electron chi connectivity index (χ4n) is 3.80. The van der Waals surface area contributed by atoms with E-state index in [2.05, 4.69) is 14.9 Å². The first-order valence-corrected chi connectivity index (χ1v) is 10.7. The van der Waals surface area contributed by atoms with Gasteiger partial charge in [-0.25, -0.2) is 9.31 Å². The van der Waals surface area contributed by atoms with E-state index < -0.39 is 6.03 Å². The molecule has 1 aliphatic heterocycles. The number of urea groups is 1. The summed E-state index contributed by atoms with van der Waals surface area (Å²) >= 11 is 12.5. The Morgan fingerprint density at radius 2 is 1.90 bits per heavy atom. The molecule has 0 unspecified atom stereocenters. The van der Waals surface area contributed by atoms with Gasteiger partial charge in [0.2, 0.25) is 0 Å². The van der Waals surface area contributed by atoms with Crippen molar-refractivity contribution in [2.24, 2.45) is 5.73 Å². The van der Waals surface area contributed by atoms with Crippen molar-refractivity contribution in [3.05, 3.63) is 58.7 Å². The van der Waals surface area contributed by atoms with E-state index in [0.29, 0.717) is 22.4 Å². The van der Waals surface area contributed by atoms with Crippen molar-refractivity contribution < 1.29 is 4.79 Å². The number of carbonyl (C=O) groups excluding carboxylic acids is 1. The Kier molecular flexibility index (Phi) is 6.32. The molecule has 1 fully saturated rings. The summed E-state index contributed by atoms with van der Waals surface area (Å²) < 4.78 is 1.74. The number of nitrogens with zero attached hydrogens (tertiary/aromatic N) is 5. The molecule has 0 spiro atoms. The molecule has 0 atom stereocenters. The molecule has 1 aliphatic rings. The Hall–Kier alpha value is -2.48. The van der Waals surface area contributed by atoms with Gasteiger partial charge in [0.25, 0.3) is 0 Å².